The molecule has 142 valence electrons. The van der Waals surface area contributed by atoms with Crippen LogP contribution >= 0.6 is 12.2 Å². The number of rotatable bonds is 4. The van der Waals surface area contributed by atoms with Gasteiger partial charge in [-0.15, -0.1) is 0 Å². The number of carbonyl (C=O) groups is 1. The molecule has 1 amide bonds. The van der Waals surface area contributed by atoms with E-state index in [4.69, 9.17) is 16.6 Å². The first kappa shape index (κ1) is 18.5. The summed E-state index contributed by atoms with van der Waals surface area (Å²) in [6.07, 6.45) is 6.53. The lowest BCUT2D eigenvalue weighted by Gasteiger charge is -2.07. The van der Waals surface area contributed by atoms with Crippen LogP contribution in [0.2, 0.25) is 0 Å². The average Bonchev–Trinajstić information content (AvgIpc) is 3.17. The molecule has 0 bridgehead atoms. The van der Waals surface area contributed by atoms with Crippen LogP contribution in [0.15, 0.2) is 83.6 Å². The predicted octanol–water partition coefficient (Wildman–Crippen LogP) is 4.42. The van der Waals surface area contributed by atoms with Gasteiger partial charge >= 0.3 is 0 Å². The van der Waals surface area contributed by atoms with Gasteiger partial charge in [0.25, 0.3) is 0 Å². The first-order chi connectivity index (χ1) is 14.2. The molecule has 0 aliphatic rings. The van der Waals surface area contributed by atoms with Crippen molar-refractivity contribution in [1.29, 1.82) is 0 Å². The van der Waals surface area contributed by atoms with Gasteiger partial charge in [0.2, 0.25) is 11.8 Å². The molecule has 7 heteroatoms. The number of fused-ring (bicyclic) bond motifs is 1. The standard InChI is InChI=1S/C22H16N4O2S/c27-20(9-6-15-4-2-1-3-5-15)26-22(29)24-17-7-8-19-18(14-17)25-21(28-19)16-10-12-23-13-11-16/h1-14H,(H2,24,26,27,29)/b9-6+. The summed E-state index contributed by atoms with van der Waals surface area (Å²) in [5.74, 6) is 0.204. The lowest BCUT2D eigenvalue weighted by Crippen LogP contribution is -2.32. The Labute approximate surface area is 172 Å². The molecule has 0 saturated heterocycles. The minimum atomic E-state index is -0.311. The zero-order chi connectivity index (χ0) is 20.1. The number of pyridine rings is 1. The van der Waals surface area contributed by atoms with E-state index in [-0.39, 0.29) is 11.0 Å². The van der Waals surface area contributed by atoms with Crippen LogP contribution in [0.5, 0.6) is 0 Å². The third-order valence-corrected chi connectivity index (χ3v) is 4.24. The van der Waals surface area contributed by atoms with E-state index < -0.39 is 0 Å². The summed E-state index contributed by atoms with van der Waals surface area (Å²) in [4.78, 5) is 20.5. The van der Waals surface area contributed by atoms with Gasteiger partial charge < -0.3 is 9.73 Å². The van der Waals surface area contributed by atoms with Crippen molar-refractivity contribution in [2.75, 3.05) is 5.32 Å². The Kier molecular flexibility index (Phi) is 5.40. The van der Waals surface area contributed by atoms with Gasteiger partial charge in [0, 0.05) is 29.7 Å². The molecule has 0 aliphatic carbocycles. The Morgan fingerprint density at radius 2 is 1.83 bits per heavy atom. The number of carbonyl (C=O) groups excluding carboxylic acids is 1. The lowest BCUT2D eigenvalue weighted by atomic mass is 10.2. The normalized spacial score (nSPS) is 10.9. The summed E-state index contributed by atoms with van der Waals surface area (Å²) < 4.78 is 5.77. The van der Waals surface area contributed by atoms with E-state index >= 15 is 0 Å². The number of thiocarbonyl (C=S) groups is 1. The number of benzene rings is 2. The second-order valence-electron chi connectivity index (χ2n) is 6.12. The van der Waals surface area contributed by atoms with E-state index in [1.165, 1.54) is 6.08 Å². The van der Waals surface area contributed by atoms with Crippen molar-refractivity contribution in [3.63, 3.8) is 0 Å². The van der Waals surface area contributed by atoms with Crippen LogP contribution in [-0.4, -0.2) is 21.0 Å². The summed E-state index contributed by atoms with van der Waals surface area (Å²) in [5.41, 5.74) is 3.81. The summed E-state index contributed by atoms with van der Waals surface area (Å²) in [5, 5.41) is 5.81. The van der Waals surface area contributed by atoms with Crippen molar-refractivity contribution < 1.29 is 9.21 Å². The second-order valence-corrected chi connectivity index (χ2v) is 6.53. The van der Waals surface area contributed by atoms with E-state index in [9.17, 15) is 4.79 Å². The van der Waals surface area contributed by atoms with Gasteiger partial charge in [-0.1, -0.05) is 30.3 Å². The lowest BCUT2D eigenvalue weighted by molar-refractivity contribution is -0.115. The van der Waals surface area contributed by atoms with Crippen molar-refractivity contribution in [1.82, 2.24) is 15.3 Å². The Morgan fingerprint density at radius 3 is 2.62 bits per heavy atom. The molecule has 6 nitrogen and oxygen atoms in total. The molecule has 2 aromatic carbocycles. The zero-order valence-corrected chi connectivity index (χ0v) is 16.0. The number of oxazole rings is 1. The Bertz CT molecular complexity index is 1190. The van der Waals surface area contributed by atoms with Crippen LogP contribution in [0.3, 0.4) is 0 Å². The van der Waals surface area contributed by atoms with Crippen molar-refractivity contribution in [2.24, 2.45) is 0 Å². The Balaban J connectivity index is 1.41. The predicted molar refractivity (Wildman–Crippen MR) is 117 cm³/mol. The van der Waals surface area contributed by atoms with Crippen LogP contribution in [0.4, 0.5) is 5.69 Å². The number of nitrogens with zero attached hydrogens (tertiary/aromatic N) is 2. The number of aromatic nitrogens is 2. The van der Waals surface area contributed by atoms with Crippen molar-refractivity contribution in [3.05, 3.63) is 84.7 Å². The van der Waals surface area contributed by atoms with Crippen molar-refractivity contribution >= 4 is 46.1 Å². The van der Waals surface area contributed by atoms with E-state index in [1.54, 1.807) is 24.5 Å². The highest BCUT2D eigenvalue weighted by Gasteiger charge is 2.09. The topological polar surface area (TPSA) is 80.0 Å². The highest BCUT2D eigenvalue weighted by Crippen LogP contribution is 2.25. The molecule has 4 rings (SSSR count). The second kappa shape index (κ2) is 8.45. The highest BCUT2D eigenvalue weighted by atomic mass is 32.1. The SMILES string of the molecule is O=C(/C=C/c1ccccc1)NC(=S)Nc1ccc2oc(-c3ccncc3)nc2c1. The molecular weight excluding hydrogens is 384 g/mol. The molecule has 0 atom stereocenters. The largest absolute Gasteiger partial charge is 0.436 e. The highest BCUT2D eigenvalue weighted by molar-refractivity contribution is 7.80. The first-order valence-corrected chi connectivity index (χ1v) is 9.24. The molecular formula is C22H16N4O2S. The van der Waals surface area contributed by atoms with Gasteiger partial charge in [-0.05, 0) is 54.2 Å². The summed E-state index contributed by atoms with van der Waals surface area (Å²) in [7, 11) is 0. The number of anilines is 1. The van der Waals surface area contributed by atoms with E-state index in [0.717, 1.165) is 11.1 Å². The maximum atomic E-state index is 12.0. The quantitative estimate of drug-likeness (QED) is 0.390. The minimum absolute atomic E-state index is 0.199. The van der Waals surface area contributed by atoms with Crippen LogP contribution in [-0.2, 0) is 4.79 Å². The summed E-state index contributed by atoms with van der Waals surface area (Å²) >= 11 is 5.22. The molecule has 0 fully saturated rings. The molecule has 2 N–H and O–H groups in total. The fourth-order valence-electron chi connectivity index (χ4n) is 2.68. The van der Waals surface area contributed by atoms with Crippen LogP contribution in [0.1, 0.15) is 5.56 Å². The van der Waals surface area contributed by atoms with Gasteiger partial charge in [0.1, 0.15) is 5.52 Å². The van der Waals surface area contributed by atoms with Crippen LogP contribution in [0.25, 0.3) is 28.6 Å². The number of nitrogens with one attached hydrogen (secondary N) is 2. The van der Waals surface area contributed by atoms with E-state index in [1.807, 2.05) is 54.6 Å². The molecule has 0 unspecified atom stereocenters. The van der Waals surface area contributed by atoms with E-state index in [0.29, 0.717) is 22.7 Å². The molecule has 2 aromatic heterocycles. The van der Waals surface area contributed by atoms with Gasteiger partial charge in [0.05, 0.1) is 0 Å². The van der Waals surface area contributed by atoms with Crippen LogP contribution in [0, 0.1) is 0 Å². The third kappa shape index (κ3) is 4.72. The molecule has 29 heavy (non-hydrogen) atoms. The number of hydrogen-bond donors (Lipinski definition) is 2. The number of amides is 1. The van der Waals surface area contributed by atoms with Gasteiger partial charge in [0.15, 0.2) is 10.7 Å². The maximum Gasteiger partial charge on any atom is 0.250 e. The maximum absolute atomic E-state index is 12.0. The molecule has 4 aromatic rings. The zero-order valence-electron chi connectivity index (χ0n) is 15.2. The monoisotopic (exact) mass is 400 g/mol. The first-order valence-electron chi connectivity index (χ1n) is 8.83. The van der Waals surface area contributed by atoms with Gasteiger partial charge in [-0.3, -0.25) is 15.1 Å². The van der Waals surface area contributed by atoms with Gasteiger partial charge in [-0.25, -0.2) is 4.98 Å². The minimum Gasteiger partial charge on any atom is -0.436 e. The summed E-state index contributed by atoms with van der Waals surface area (Å²) in [6.45, 7) is 0. The Morgan fingerprint density at radius 1 is 1.03 bits per heavy atom. The summed E-state index contributed by atoms with van der Waals surface area (Å²) in [6, 6.07) is 18.6. The van der Waals surface area contributed by atoms with Crippen LogP contribution < -0.4 is 10.6 Å². The van der Waals surface area contributed by atoms with E-state index in [2.05, 4.69) is 20.6 Å². The molecule has 0 aliphatic heterocycles. The smallest absolute Gasteiger partial charge is 0.250 e. The molecule has 0 spiro atoms. The number of hydrogen-bond acceptors (Lipinski definition) is 5. The average molecular weight is 400 g/mol. The van der Waals surface area contributed by atoms with Crippen molar-refractivity contribution in [2.45, 2.75) is 0 Å². The fraction of sp³-hybridized carbons (Fsp3) is 0. The van der Waals surface area contributed by atoms with Crippen molar-refractivity contribution in [3.8, 4) is 11.5 Å². The Hall–Kier alpha value is -3.84. The molecule has 0 saturated carbocycles. The third-order valence-electron chi connectivity index (χ3n) is 4.04. The fourth-order valence-corrected chi connectivity index (χ4v) is 2.89. The van der Waals surface area contributed by atoms with Gasteiger partial charge in [-0.2, -0.15) is 0 Å². The molecule has 0 radical (unpaired) electrons. The molecule has 2 heterocycles.